The number of primary amides is 1. The number of nitrogens with zero attached hydrogens (tertiary/aromatic N) is 2. The summed E-state index contributed by atoms with van der Waals surface area (Å²) in [5.41, 5.74) is 3.52. The molecule has 4 aliphatic rings. The lowest BCUT2D eigenvalue weighted by Gasteiger charge is -2.52. The third kappa shape index (κ3) is 4.41. The minimum absolute atomic E-state index is 0.00577. The maximum atomic E-state index is 13.9. The second-order valence-electron chi connectivity index (χ2n) is 12.2. The zero-order chi connectivity index (χ0) is 30.8. The molecule has 1 aromatic carbocycles. The van der Waals surface area contributed by atoms with Crippen molar-refractivity contribution in [2.75, 3.05) is 34.3 Å². The van der Waals surface area contributed by atoms with Crippen LogP contribution in [-0.4, -0.2) is 107 Å². The summed E-state index contributed by atoms with van der Waals surface area (Å²) in [4.78, 5) is 81.6. The molecule has 1 heterocycles. The maximum Gasteiger partial charge on any atom is 0.235 e. The number of rotatable bonds is 6. The van der Waals surface area contributed by atoms with Gasteiger partial charge in [0.05, 0.1) is 24.6 Å². The quantitative estimate of drug-likeness (QED) is 0.287. The number of methoxy groups -OCH3 is 1. The summed E-state index contributed by atoms with van der Waals surface area (Å²) in [7, 11) is 4.53. The van der Waals surface area contributed by atoms with Crippen molar-refractivity contribution >= 4 is 34.9 Å². The molecule has 3 fully saturated rings. The van der Waals surface area contributed by atoms with Crippen LogP contribution in [0.3, 0.4) is 0 Å². The fourth-order valence-electron chi connectivity index (χ4n) is 7.71. The van der Waals surface area contributed by atoms with Crippen LogP contribution in [0.4, 0.5) is 0 Å². The summed E-state index contributed by atoms with van der Waals surface area (Å²) in [5.74, 6) is -10.7. The van der Waals surface area contributed by atoms with Crippen LogP contribution in [0.5, 0.6) is 11.5 Å². The molecular weight excluding hydrogens is 548 g/mol. The summed E-state index contributed by atoms with van der Waals surface area (Å²) in [6.07, 6.45) is 0.835. The molecule has 5 N–H and O–H groups in total. The van der Waals surface area contributed by atoms with Crippen molar-refractivity contribution in [1.29, 1.82) is 0 Å². The standard InChI is InChI=1S/C29H36N4O9/c1-12(34)31-15-5-6-33(11-15)10-14-9-18(35)20-16(25(14)42-4)7-13-8-17-22(32(2)3)24(37)21(28(30)40)27(39)29(17,41)26(38)19(13)23(20)36/h9,13,15,17,19,21-22,35,41H,5-8,10-11H2,1-4H3,(H2,30,40)(H,31,34)/t13-,15-,17-,19?,21?,22-,29-/m0/s1. The number of likely N-dealkylation sites (tertiary alicyclic amines) is 1. The van der Waals surface area contributed by atoms with Gasteiger partial charge in [-0.1, -0.05) is 0 Å². The molecule has 7 atom stereocenters. The summed E-state index contributed by atoms with van der Waals surface area (Å²) in [6, 6.07) is 0.246. The van der Waals surface area contributed by atoms with Crippen molar-refractivity contribution in [3.8, 4) is 11.5 Å². The van der Waals surface area contributed by atoms with Crippen LogP contribution in [-0.2, 0) is 36.9 Å². The van der Waals surface area contributed by atoms with Gasteiger partial charge in [0.15, 0.2) is 34.7 Å². The topological polar surface area (TPSA) is 197 Å². The van der Waals surface area contributed by atoms with Crippen LogP contribution >= 0.6 is 0 Å². The smallest absolute Gasteiger partial charge is 0.235 e. The number of likely N-dealkylation sites (N-methyl/N-ethyl adjacent to an activating group) is 1. The zero-order valence-corrected chi connectivity index (χ0v) is 24.0. The van der Waals surface area contributed by atoms with Crippen molar-refractivity contribution in [3.63, 3.8) is 0 Å². The van der Waals surface area contributed by atoms with Gasteiger partial charge in [-0.25, -0.2) is 0 Å². The number of ether oxygens (including phenoxy) is 1. The highest BCUT2D eigenvalue weighted by atomic mass is 16.5. The molecular formula is C29H36N4O9. The number of phenolic OH excluding ortho intramolecular Hbond substituents is 1. The molecule has 0 bridgehead atoms. The molecule has 0 aromatic heterocycles. The van der Waals surface area contributed by atoms with Crippen LogP contribution < -0.4 is 15.8 Å². The number of phenols is 1. The summed E-state index contributed by atoms with van der Waals surface area (Å²) >= 11 is 0. The van der Waals surface area contributed by atoms with Crippen LogP contribution in [0, 0.1) is 23.7 Å². The van der Waals surface area contributed by atoms with E-state index in [0.29, 0.717) is 36.5 Å². The van der Waals surface area contributed by atoms with Gasteiger partial charge < -0.3 is 26.0 Å². The van der Waals surface area contributed by atoms with Crippen LogP contribution in [0.1, 0.15) is 41.3 Å². The fraction of sp³-hybridized carbons (Fsp3) is 0.586. The Bertz CT molecular complexity index is 1410. The predicted molar refractivity (Wildman–Crippen MR) is 145 cm³/mol. The molecule has 226 valence electrons. The molecule has 2 unspecified atom stereocenters. The van der Waals surface area contributed by atoms with Gasteiger partial charge in [0.2, 0.25) is 11.8 Å². The molecule has 13 nitrogen and oxygen atoms in total. The van der Waals surface area contributed by atoms with Crippen molar-refractivity contribution in [2.24, 2.45) is 29.4 Å². The highest BCUT2D eigenvalue weighted by Gasteiger charge is 2.69. The predicted octanol–water partition coefficient (Wildman–Crippen LogP) is -1.41. The number of amides is 2. The van der Waals surface area contributed by atoms with Gasteiger partial charge in [0.1, 0.15) is 11.5 Å². The Labute approximate surface area is 242 Å². The summed E-state index contributed by atoms with van der Waals surface area (Å²) < 4.78 is 5.75. The van der Waals surface area contributed by atoms with E-state index in [1.807, 2.05) is 0 Å². The minimum Gasteiger partial charge on any atom is -0.507 e. The Balaban J connectivity index is 1.53. The van der Waals surface area contributed by atoms with E-state index in [-0.39, 0.29) is 36.1 Å². The lowest BCUT2D eigenvalue weighted by atomic mass is 9.52. The molecule has 42 heavy (non-hydrogen) atoms. The average Bonchev–Trinajstić information content (AvgIpc) is 3.31. The molecule has 1 saturated heterocycles. The third-order valence-corrected chi connectivity index (χ3v) is 9.37. The van der Waals surface area contributed by atoms with Gasteiger partial charge >= 0.3 is 0 Å². The maximum absolute atomic E-state index is 13.9. The SMILES string of the molecule is COc1c(CN2CC[C@H](NC(C)=O)C2)cc(O)c2c1C[C@H]1C[C@H]3[C@H](N(C)C)C(=O)C(C(N)=O)C(=O)[C@@]3(O)C(=O)C1C2=O. The molecule has 5 rings (SSSR count). The first-order chi connectivity index (χ1) is 19.7. The van der Waals surface area contributed by atoms with Crippen molar-refractivity contribution in [2.45, 2.75) is 50.4 Å². The van der Waals surface area contributed by atoms with Gasteiger partial charge in [-0.3, -0.25) is 38.6 Å². The number of ketones is 4. The number of aromatic hydroxyl groups is 1. The number of aliphatic hydroxyl groups is 1. The number of nitrogens with one attached hydrogen (secondary N) is 1. The Hall–Kier alpha value is -3.68. The average molecular weight is 585 g/mol. The number of hydrogen-bond acceptors (Lipinski definition) is 11. The number of hydrogen-bond donors (Lipinski definition) is 4. The lowest BCUT2D eigenvalue weighted by Crippen LogP contribution is -2.74. The number of Topliss-reactive ketones (excluding diaryl/α,β-unsaturated/α-hetero) is 4. The Morgan fingerprint density at radius 1 is 1.21 bits per heavy atom. The normalized spacial score (nSPS) is 32.8. The summed E-state index contributed by atoms with van der Waals surface area (Å²) in [5, 5.41) is 25.6. The van der Waals surface area contributed by atoms with Crippen molar-refractivity contribution < 1.29 is 43.7 Å². The van der Waals surface area contributed by atoms with Crippen molar-refractivity contribution in [1.82, 2.24) is 15.1 Å². The van der Waals surface area contributed by atoms with E-state index in [9.17, 15) is 39.0 Å². The molecule has 0 radical (unpaired) electrons. The Morgan fingerprint density at radius 3 is 2.50 bits per heavy atom. The van der Waals surface area contributed by atoms with E-state index in [2.05, 4.69) is 10.2 Å². The second-order valence-corrected chi connectivity index (χ2v) is 12.2. The number of carbonyl (C=O) groups is 6. The first kappa shape index (κ1) is 29.8. The number of nitrogens with two attached hydrogens (primary N) is 1. The Kier molecular flexibility index (Phi) is 7.48. The highest BCUT2D eigenvalue weighted by molar-refractivity contribution is 6.32. The van der Waals surface area contributed by atoms with Gasteiger partial charge in [0, 0.05) is 49.6 Å². The van der Waals surface area contributed by atoms with E-state index in [1.54, 1.807) is 0 Å². The van der Waals surface area contributed by atoms with Crippen LogP contribution in [0.25, 0.3) is 0 Å². The number of fused-ring (bicyclic) bond motifs is 3. The van der Waals surface area contributed by atoms with E-state index in [4.69, 9.17) is 10.5 Å². The molecule has 2 amide bonds. The largest absolute Gasteiger partial charge is 0.507 e. The van der Waals surface area contributed by atoms with E-state index < -0.39 is 64.4 Å². The monoisotopic (exact) mass is 584 g/mol. The molecule has 13 heteroatoms. The Morgan fingerprint density at radius 2 is 1.90 bits per heavy atom. The second kappa shape index (κ2) is 10.5. The molecule has 2 saturated carbocycles. The third-order valence-electron chi connectivity index (χ3n) is 9.37. The molecule has 3 aliphatic carbocycles. The lowest BCUT2D eigenvalue weighted by molar-refractivity contribution is -0.181. The van der Waals surface area contributed by atoms with E-state index in [1.165, 1.54) is 39.1 Å². The molecule has 0 spiro atoms. The van der Waals surface area contributed by atoms with Gasteiger partial charge in [0.25, 0.3) is 0 Å². The fourth-order valence-corrected chi connectivity index (χ4v) is 7.71. The first-order valence-electron chi connectivity index (χ1n) is 14.0. The van der Waals surface area contributed by atoms with Crippen LogP contribution in [0.2, 0.25) is 0 Å². The van der Waals surface area contributed by atoms with Crippen LogP contribution in [0.15, 0.2) is 6.07 Å². The van der Waals surface area contributed by atoms with Crippen molar-refractivity contribution in [3.05, 3.63) is 22.8 Å². The highest BCUT2D eigenvalue weighted by Crippen LogP contribution is 2.52. The van der Waals surface area contributed by atoms with Gasteiger partial charge in [-0.2, -0.15) is 0 Å². The summed E-state index contributed by atoms with van der Waals surface area (Å²) in [6.45, 7) is 3.14. The minimum atomic E-state index is -2.77. The zero-order valence-electron chi connectivity index (χ0n) is 24.0. The first-order valence-corrected chi connectivity index (χ1v) is 14.0. The van der Waals surface area contributed by atoms with E-state index >= 15 is 0 Å². The van der Waals surface area contributed by atoms with Gasteiger partial charge in [-0.05, 0) is 45.3 Å². The molecule has 1 aromatic rings. The van der Waals surface area contributed by atoms with E-state index in [0.717, 1.165) is 6.42 Å². The van der Waals surface area contributed by atoms with Gasteiger partial charge in [-0.15, -0.1) is 0 Å². The number of benzene rings is 1. The number of carbonyl (C=O) groups excluding carboxylic acids is 6. The molecule has 1 aliphatic heterocycles.